The van der Waals surface area contributed by atoms with Gasteiger partial charge in [-0.3, -0.25) is 4.98 Å². The standard InChI is InChI=1S/C12H14N2O2/c15-12(16)9-14-7-3-11(4-8-14)10-1-5-13-6-2-10/h1-7,12,15-16H,8-9H2. The number of aromatic nitrogens is 1. The molecule has 1 aromatic heterocycles. The zero-order valence-electron chi connectivity index (χ0n) is 8.82. The molecule has 0 atom stereocenters. The number of rotatable bonds is 3. The van der Waals surface area contributed by atoms with Gasteiger partial charge >= 0.3 is 0 Å². The van der Waals surface area contributed by atoms with Crippen LogP contribution in [0.5, 0.6) is 0 Å². The summed E-state index contributed by atoms with van der Waals surface area (Å²) in [7, 11) is 0. The van der Waals surface area contributed by atoms with Crippen LogP contribution in [0.4, 0.5) is 0 Å². The third-order valence-electron chi connectivity index (χ3n) is 2.42. The van der Waals surface area contributed by atoms with Gasteiger partial charge in [0.1, 0.15) is 0 Å². The molecule has 4 heteroatoms. The highest BCUT2D eigenvalue weighted by Gasteiger charge is 2.08. The van der Waals surface area contributed by atoms with Gasteiger partial charge in [-0.1, -0.05) is 6.08 Å². The van der Waals surface area contributed by atoms with E-state index in [1.54, 1.807) is 12.4 Å². The van der Waals surface area contributed by atoms with E-state index in [4.69, 9.17) is 10.2 Å². The number of allylic oxidation sites excluding steroid dienone is 2. The zero-order chi connectivity index (χ0) is 11.4. The van der Waals surface area contributed by atoms with Gasteiger partial charge < -0.3 is 15.1 Å². The first kappa shape index (κ1) is 10.9. The van der Waals surface area contributed by atoms with Crippen LogP contribution in [0, 0.1) is 0 Å². The van der Waals surface area contributed by atoms with E-state index in [2.05, 4.69) is 11.1 Å². The largest absolute Gasteiger partial charge is 0.369 e. The van der Waals surface area contributed by atoms with E-state index in [1.165, 1.54) is 0 Å². The molecule has 0 aliphatic carbocycles. The molecule has 0 spiro atoms. The highest BCUT2D eigenvalue weighted by molar-refractivity contribution is 5.74. The van der Waals surface area contributed by atoms with Crippen molar-refractivity contribution >= 4 is 5.57 Å². The molecule has 1 aromatic rings. The predicted molar refractivity (Wildman–Crippen MR) is 61.2 cm³/mol. The first-order valence-electron chi connectivity index (χ1n) is 5.14. The number of aliphatic hydroxyl groups is 2. The van der Waals surface area contributed by atoms with Gasteiger partial charge in [0, 0.05) is 25.1 Å². The summed E-state index contributed by atoms with van der Waals surface area (Å²) in [5.41, 5.74) is 2.25. The Hall–Kier alpha value is -1.65. The van der Waals surface area contributed by atoms with Crippen LogP contribution >= 0.6 is 0 Å². The number of aliphatic hydroxyl groups excluding tert-OH is 1. The van der Waals surface area contributed by atoms with Gasteiger partial charge in [0.05, 0.1) is 6.54 Å². The van der Waals surface area contributed by atoms with Crippen LogP contribution in [0.3, 0.4) is 0 Å². The van der Waals surface area contributed by atoms with Crippen molar-refractivity contribution in [2.24, 2.45) is 0 Å². The molecule has 1 aliphatic heterocycles. The molecule has 0 saturated heterocycles. The second-order valence-electron chi connectivity index (χ2n) is 3.65. The Labute approximate surface area is 94.2 Å². The molecular formula is C12H14N2O2. The van der Waals surface area contributed by atoms with Crippen molar-refractivity contribution < 1.29 is 10.2 Å². The van der Waals surface area contributed by atoms with Crippen LogP contribution < -0.4 is 0 Å². The minimum Gasteiger partial charge on any atom is -0.369 e. The van der Waals surface area contributed by atoms with Crippen molar-refractivity contribution in [3.8, 4) is 0 Å². The van der Waals surface area contributed by atoms with E-state index >= 15 is 0 Å². The maximum Gasteiger partial charge on any atom is 0.169 e. The number of hydrogen-bond donors (Lipinski definition) is 2. The topological polar surface area (TPSA) is 56.6 Å². The number of nitrogens with zero attached hydrogens (tertiary/aromatic N) is 2. The highest BCUT2D eigenvalue weighted by Crippen LogP contribution is 2.18. The number of pyridine rings is 1. The monoisotopic (exact) mass is 218 g/mol. The average Bonchev–Trinajstić information content (AvgIpc) is 2.30. The molecule has 2 heterocycles. The van der Waals surface area contributed by atoms with Crippen molar-refractivity contribution in [3.63, 3.8) is 0 Å². The summed E-state index contributed by atoms with van der Waals surface area (Å²) >= 11 is 0. The van der Waals surface area contributed by atoms with Gasteiger partial charge in [0.15, 0.2) is 6.29 Å². The van der Waals surface area contributed by atoms with E-state index < -0.39 is 6.29 Å². The zero-order valence-corrected chi connectivity index (χ0v) is 8.82. The molecule has 2 N–H and O–H groups in total. The van der Waals surface area contributed by atoms with Crippen LogP contribution in [-0.4, -0.2) is 39.5 Å². The molecule has 0 bridgehead atoms. The minimum absolute atomic E-state index is 0.233. The van der Waals surface area contributed by atoms with E-state index in [9.17, 15) is 0 Å². The van der Waals surface area contributed by atoms with E-state index in [-0.39, 0.29) is 6.54 Å². The summed E-state index contributed by atoms with van der Waals surface area (Å²) in [5, 5.41) is 17.7. The van der Waals surface area contributed by atoms with E-state index in [0.29, 0.717) is 6.54 Å². The summed E-state index contributed by atoms with van der Waals surface area (Å²) in [6, 6.07) is 3.90. The minimum atomic E-state index is -1.29. The molecule has 0 saturated carbocycles. The summed E-state index contributed by atoms with van der Waals surface area (Å²) in [5.74, 6) is 0. The second kappa shape index (κ2) is 4.92. The summed E-state index contributed by atoms with van der Waals surface area (Å²) in [4.78, 5) is 5.81. The first-order valence-corrected chi connectivity index (χ1v) is 5.14. The van der Waals surface area contributed by atoms with Crippen molar-refractivity contribution in [3.05, 3.63) is 48.4 Å². The van der Waals surface area contributed by atoms with Crippen molar-refractivity contribution in [2.75, 3.05) is 13.1 Å². The Morgan fingerprint density at radius 1 is 1.31 bits per heavy atom. The average molecular weight is 218 g/mol. The van der Waals surface area contributed by atoms with Gasteiger partial charge in [-0.05, 0) is 29.3 Å². The predicted octanol–water partition coefficient (Wildman–Crippen LogP) is 0.605. The lowest BCUT2D eigenvalue weighted by Crippen LogP contribution is -2.29. The third-order valence-corrected chi connectivity index (χ3v) is 2.42. The van der Waals surface area contributed by atoms with E-state index in [1.807, 2.05) is 29.3 Å². The second-order valence-corrected chi connectivity index (χ2v) is 3.65. The fourth-order valence-corrected chi connectivity index (χ4v) is 1.63. The molecule has 0 fully saturated rings. The maximum absolute atomic E-state index is 8.84. The lowest BCUT2D eigenvalue weighted by molar-refractivity contribution is -0.0529. The summed E-state index contributed by atoms with van der Waals surface area (Å²) < 4.78 is 0. The molecule has 1 aliphatic rings. The van der Waals surface area contributed by atoms with Crippen LogP contribution in [0.15, 0.2) is 42.9 Å². The SMILES string of the molecule is OC(O)CN1C=CC(c2ccncc2)=CC1. The molecular weight excluding hydrogens is 204 g/mol. The lowest BCUT2D eigenvalue weighted by atomic mass is 10.1. The van der Waals surface area contributed by atoms with Gasteiger partial charge in [-0.15, -0.1) is 0 Å². The Kier molecular flexibility index (Phi) is 3.34. The number of β-amino-alcohol motifs (C(OH)–C–C–N with tert-alkyl or cyclic N) is 2. The smallest absolute Gasteiger partial charge is 0.169 e. The van der Waals surface area contributed by atoms with E-state index in [0.717, 1.165) is 11.1 Å². The Morgan fingerprint density at radius 3 is 2.62 bits per heavy atom. The Morgan fingerprint density at radius 2 is 2.06 bits per heavy atom. The normalized spacial score (nSPS) is 15.4. The molecule has 0 radical (unpaired) electrons. The van der Waals surface area contributed by atoms with Gasteiger partial charge in [0.2, 0.25) is 0 Å². The lowest BCUT2D eigenvalue weighted by Gasteiger charge is -2.23. The third kappa shape index (κ3) is 2.68. The van der Waals surface area contributed by atoms with Crippen LogP contribution in [0.25, 0.3) is 5.57 Å². The van der Waals surface area contributed by atoms with Gasteiger partial charge in [-0.25, -0.2) is 0 Å². The summed E-state index contributed by atoms with van der Waals surface area (Å²) in [6.07, 6.45) is 8.11. The highest BCUT2D eigenvalue weighted by atomic mass is 16.5. The maximum atomic E-state index is 8.84. The summed E-state index contributed by atoms with van der Waals surface area (Å²) in [6.45, 7) is 0.919. The fraction of sp³-hybridized carbons (Fsp3) is 0.250. The number of hydrogen-bond acceptors (Lipinski definition) is 4. The van der Waals surface area contributed by atoms with Crippen molar-refractivity contribution in [2.45, 2.75) is 6.29 Å². The molecule has 2 rings (SSSR count). The van der Waals surface area contributed by atoms with Gasteiger partial charge in [0.25, 0.3) is 0 Å². The molecule has 84 valence electrons. The Balaban J connectivity index is 2.03. The first-order chi connectivity index (χ1) is 7.75. The van der Waals surface area contributed by atoms with Crippen LogP contribution in [0.1, 0.15) is 5.56 Å². The molecule has 4 nitrogen and oxygen atoms in total. The molecule has 0 amide bonds. The van der Waals surface area contributed by atoms with Crippen molar-refractivity contribution in [1.29, 1.82) is 0 Å². The van der Waals surface area contributed by atoms with Crippen LogP contribution in [0.2, 0.25) is 0 Å². The fourth-order valence-electron chi connectivity index (χ4n) is 1.63. The van der Waals surface area contributed by atoms with Gasteiger partial charge in [-0.2, -0.15) is 0 Å². The molecule has 16 heavy (non-hydrogen) atoms. The van der Waals surface area contributed by atoms with Crippen molar-refractivity contribution in [1.82, 2.24) is 9.88 Å². The molecule has 0 unspecified atom stereocenters. The molecule has 0 aromatic carbocycles. The van der Waals surface area contributed by atoms with Crippen LogP contribution in [-0.2, 0) is 0 Å². The Bertz CT molecular complexity index is 399. The quantitative estimate of drug-likeness (QED) is 0.730.